The summed E-state index contributed by atoms with van der Waals surface area (Å²) in [5.41, 5.74) is 10.2. The number of nitrogens with one attached hydrogen (secondary N) is 2. The van der Waals surface area contributed by atoms with E-state index >= 15 is 0 Å². The van der Waals surface area contributed by atoms with Crippen LogP contribution < -0.4 is 45.1 Å². The van der Waals surface area contributed by atoms with E-state index in [-0.39, 0.29) is 67.2 Å². The van der Waals surface area contributed by atoms with Crippen LogP contribution in [0.15, 0.2) is 95.6 Å². The van der Waals surface area contributed by atoms with Crippen LogP contribution in [0.25, 0.3) is 48.7 Å². The van der Waals surface area contributed by atoms with Crippen molar-refractivity contribution in [2.24, 2.45) is 15.6 Å². The van der Waals surface area contributed by atoms with E-state index in [9.17, 15) is 0 Å². The Morgan fingerprint density at radius 1 is 0.688 bits per heavy atom. The van der Waals surface area contributed by atoms with Gasteiger partial charge in [-0.2, -0.15) is 29.5 Å². The number of nitrogens with zero attached hydrogens (tertiary/aromatic N) is 26. The average Bonchev–Trinajstić information content (AvgIpc) is 4.38. The number of fused-ring (bicyclic) bond motifs is 2. The number of aromatic nitrogens is 20. The summed E-state index contributed by atoms with van der Waals surface area (Å²) in [5.74, 6) is 3.05. The van der Waals surface area contributed by atoms with Crippen LogP contribution in [0.1, 0.15) is 39.7 Å². The molecule has 408 valence electrons. The SMILES string of the molecule is CC.Cc1cc2nnc(C)n2[nH]1.O=N[O-].O=[P+]([O-])OO.O=[P+]([O-])OO.[C-]#[N+]c1cnn(-c2ncccn2)c1N.[C-]#[N+]c1cnn(-c2ncccn2)c1N=Nc1c(C)[nH]n2c(C)nnc12.[C-]#[N+]c1cnn(-c2ncccn2)c1[N+]#N.[HH].[HH].[Na+]. The number of diazo groups is 1. The molecule has 10 heterocycles. The van der Waals surface area contributed by atoms with E-state index in [1.54, 1.807) is 47.5 Å². The Balaban J connectivity index is 0.00000101. The second-order valence-electron chi connectivity index (χ2n) is 13.2. The minimum atomic E-state index is -3.04. The fourth-order valence-electron chi connectivity index (χ4n) is 5.37. The molecule has 0 bridgehead atoms. The Kier molecular flexibility index (Phi) is 28.5. The van der Waals surface area contributed by atoms with E-state index < -0.39 is 16.5 Å². The average molecular weight is 1150 g/mol. The molecule has 0 aromatic carbocycles. The first-order valence-corrected chi connectivity index (χ1v) is 23.2. The number of nitrogens with two attached hydrogens (primary N) is 1. The van der Waals surface area contributed by atoms with Gasteiger partial charge in [-0.15, -0.1) is 36.0 Å². The third-order valence-corrected chi connectivity index (χ3v) is 8.72. The van der Waals surface area contributed by atoms with Gasteiger partial charge >= 0.3 is 63.5 Å². The molecule has 80 heavy (non-hydrogen) atoms. The number of aryl methyl sites for hydroxylation is 4. The number of H-pyrrole nitrogens is 2. The van der Waals surface area contributed by atoms with Crippen molar-refractivity contribution in [2.45, 2.75) is 41.5 Å². The van der Waals surface area contributed by atoms with Gasteiger partial charge in [0.2, 0.25) is 11.3 Å². The largest absolute Gasteiger partial charge is 1.00 e. The first-order chi connectivity index (χ1) is 38.1. The van der Waals surface area contributed by atoms with Crippen molar-refractivity contribution in [2.75, 3.05) is 5.73 Å². The fraction of sp³-hybridized carbons (Fsp3) is 0.158. The summed E-state index contributed by atoms with van der Waals surface area (Å²) < 4.78 is 30.7. The molecule has 10 rings (SSSR count). The molecule has 0 spiro atoms. The monoisotopic (exact) mass is 1150 g/mol. The molecule has 42 heteroatoms. The standard InChI is InChI=1S/C14H11N11.C8H4N7.C8H6N6.C6H8N4.C2H6.HNO2.Na.2HO4P.2H2/c1-8-11(13-22-19-9(2)24(13)23-8)20-21-12-10(15-3)7-18-25(12)14-16-5-4-6-17-14;1-10-6-5-13-15(7(6)14-9)8-11-3-2-4-12-8;1-10-6-5-13-14(7(6)9)8-11-3-2-4-12-8;1-4-3-6-8-7-5(2)10(6)9-4;1-2;2-1-3;;2*1-4-5(2)3;;/h4-7,23H,1-2H3;2-5H;2-5H,9H2;3,9H,1-2H3;1-2H3;(H,2,3);;2*1H;2*1H/q;+1;;;;;+1;;;;/p-1. The molecule has 6 N–H and O–H groups in total. The Morgan fingerprint density at radius 3 is 1.57 bits per heavy atom. The summed E-state index contributed by atoms with van der Waals surface area (Å²) in [7, 11) is -6.09. The van der Waals surface area contributed by atoms with E-state index in [0.29, 0.717) is 34.7 Å². The molecular weight excluding hydrogens is 1110 g/mol. The molecule has 0 saturated carbocycles. The minimum Gasteiger partial charge on any atom is -0.565 e. The summed E-state index contributed by atoms with van der Waals surface area (Å²) in [6.07, 6.45) is 13.5. The van der Waals surface area contributed by atoms with Crippen LogP contribution in [0.5, 0.6) is 0 Å². The van der Waals surface area contributed by atoms with Crippen molar-refractivity contribution in [1.29, 1.82) is 5.39 Å². The van der Waals surface area contributed by atoms with Crippen LogP contribution >= 0.6 is 16.5 Å². The van der Waals surface area contributed by atoms with E-state index in [4.69, 9.17) is 70.4 Å². The second kappa shape index (κ2) is 34.5. The quantitative estimate of drug-likeness (QED) is 0.0223. The van der Waals surface area contributed by atoms with Crippen LogP contribution in [0.3, 0.4) is 0 Å². The zero-order chi connectivity index (χ0) is 58.4. The number of azo groups is 1. The van der Waals surface area contributed by atoms with E-state index in [1.807, 2.05) is 52.1 Å². The molecule has 0 amide bonds. The second-order valence-corrected chi connectivity index (χ2v) is 14.4. The molecule has 0 radical (unpaired) electrons. The van der Waals surface area contributed by atoms with Gasteiger partial charge in [0.1, 0.15) is 17.5 Å². The topological polar surface area (TPSA) is 506 Å². The van der Waals surface area contributed by atoms with E-state index in [0.717, 1.165) is 28.2 Å². The van der Waals surface area contributed by atoms with Gasteiger partial charge in [-0.1, -0.05) is 23.6 Å². The van der Waals surface area contributed by atoms with Gasteiger partial charge in [0.05, 0.1) is 49.4 Å². The van der Waals surface area contributed by atoms with Crippen molar-refractivity contribution >= 4 is 68.0 Å². The molecule has 10 aromatic heterocycles. The first kappa shape index (κ1) is 66.0. The van der Waals surface area contributed by atoms with Gasteiger partial charge in [-0.3, -0.25) is 10.2 Å². The van der Waals surface area contributed by atoms with Crippen molar-refractivity contribution in [3.05, 3.63) is 152 Å². The Morgan fingerprint density at radius 2 is 1.11 bits per heavy atom. The summed E-state index contributed by atoms with van der Waals surface area (Å²) >= 11 is 0. The predicted molar refractivity (Wildman–Crippen MR) is 271 cm³/mol. The van der Waals surface area contributed by atoms with Crippen LogP contribution in [0.4, 0.5) is 40.2 Å². The number of hydrogen-bond acceptors (Lipinski definition) is 28. The smallest absolute Gasteiger partial charge is 0.565 e. The maximum atomic E-state index is 8.93. The molecular formula is C38H41N29NaO10P2+. The summed E-state index contributed by atoms with van der Waals surface area (Å²) in [6.45, 7) is 32.5. The third-order valence-electron chi connectivity index (χ3n) is 8.45. The first-order valence-electron chi connectivity index (χ1n) is 21.0. The fourth-order valence-corrected chi connectivity index (χ4v) is 5.37. The molecule has 0 saturated heterocycles. The number of anilines is 1. The maximum absolute atomic E-state index is 8.93. The summed E-state index contributed by atoms with van der Waals surface area (Å²) in [5, 5.41) is 74.3. The minimum absolute atomic E-state index is 0. The van der Waals surface area contributed by atoms with Crippen molar-refractivity contribution in [3.8, 4) is 17.8 Å². The summed E-state index contributed by atoms with van der Waals surface area (Å²) in [4.78, 5) is 62.6. The molecule has 0 aliphatic rings. The molecule has 0 aliphatic carbocycles. The van der Waals surface area contributed by atoms with Crippen molar-refractivity contribution < 1.29 is 71.2 Å². The molecule has 2 atom stereocenters. The molecule has 39 nitrogen and oxygen atoms in total. The molecule has 0 aliphatic heterocycles. The maximum Gasteiger partial charge on any atom is 1.00 e. The van der Waals surface area contributed by atoms with Crippen molar-refractivity contribution in [3.63, 3.8) is 0 Å². The van der Waals surface area contributed by atoms with Crippen LogP contribution in [0, 0.1) is 62.9 Å². The number of hydrogen-bond donors (Lipinski definition) is 5. The summed E-state index contributed by atoms with van der Waals surface area (Å²) in [6, 6.07) is 7.00. The van der Waals surface area contributed by atoms with Gasteiger partial charge in [0, 0.05) is 66.1 Å². The third kappa shape index (κ3) is 18.6. The normalized spacial score (nSPS) is 9.97. The Labute approximate surface area is 474 Å². The van der Waals surface area contributed by atoms with Crippen molar-refractivity contribution in [1.82, 2.24) is 98.9 Å². The van der Waals surface area contributed by atoms with Gasteiger partial charge in [-0.25, -0.2) is 54.0 Å². The van der Waals surface area contributed by atoms with Gasteiger partial charge in [-0.05, 0) is 55.0 Å². The zero-order valence-electron chi connectivity index (χ0n) is 42.3. The van der Waals surface area contributed by atoms with Gasteiger partial charge < -0.3 is 25.6 Å². The molecule has 2 unspecified atom stereocenters. The Bertz CT molecular complexity index is 3760. The Hall–Kier alpha value is -10.1. The van der Waals surface area contributed by atoms with Crippen LogP contribution in [0.2, 0.25) is 0 Å². The number of aromatic amines is 2. The van der Waals surface area contributed by atoms with E-state index in [1.165, 1.54) is 45.0 Å². The number of rotatable bonds is 7. The molecule has 10 aromatic rings. The zero-order valence-corrected chi connectivity index (χ0v) is 46.1. The van der Waals surface area contributed by atoms with Crippen LogP contribution in [-0.2, 0) is 18.5 Å². The van der Waals surface area contributed by atoms with Gasteiger partial charge in [0.25, 0.3) is 17.6 Å². The van der Waals surface area contributed by atoms with Crippen LogP contribution in [-0.4, -0.2) is 109 Å². The molecule has 0 fully saturated rings. The predicted octanol–water partition coefficient (Wildman–Crippen LogP) is 3.54. The van der Waals surface area contributed by atoms with E-state index in [2.05, 4.69) is 115 Å². The number of nitrogen functional groups attached to an aromatic ring is 1. The van der Waals surface area contributed by atoms with Gasteiger partial charge in [0.15, 0.2) is 17.2 Å².